The summed E-state index contributed by atoms with van der Waals surface area (Å²) in [5, 5.41) is 13.3. The summed E-state index contributed by atoms with van der Waals surface area (Å²) in [7, 11) is 0. The highest BCUT2D eigenvalue weighted by molar-refractivity contribution is 5.81. The number of ether oxygens (including phenoxy) is 1. The Morgan fingerprint density at radius 3 is 2.11 bits per heavy atom. The molecular weight excluding hydrogens is 348 g/mol. The zero-order valence-electron chi connectivity index (χ0n) is 14.5. The van der Waals surface area contributed by atoms with Gasteiger partial charge in [-0.25, -0.2) is 4.79 Å². The molecule has 0 bridgehead atoms. The van der Waals surface area contributed by atoms with E-state index in [1.807, 2.05) is 48.5 Å². The summed E-state index contributed by atoms with van der Waals surface area (Å²) in [6.45, 7) is 0.0649. The summed E-state index contributed by atoms with van der Waals surface area (Å²) >= 11 is 0. The average molecular weight is 367 g/mol. The van der Waals surface area contributed by atoms with Crippen molar-refractivity contribution in [2.45, 2.75) is 24.8 Å². The first kappa shape index (κ1) is 18.4. The van der Waals surface area contributed by atoms with Gasteiger partial charge in [-0.3, -0.25) is 4.79 Å². The number of hydrogen-bond donors (Lipinski definition) is 2. The van der Waals surface area contributed by atoms with Gasteiger partial charge in [-0.15, -0.1) is 0 Å². The lowest BCUT2D eigenvalue weighted by molar-refractivity contribution is -0.308. The number of primary amides is 1. The molecule has 0 heterocycles. The standard InChI is InChI=1S/C20H20N2O5/c21-18(23)10-9-17(19(24)25)22-20(26)27-11-16-14-7-3-1-5-12(14)13-6-2-4-8-15(13)16/h1-8,16-17H,9-11H2,(H2,21,23)(H,22,26)(H,24,25)/p-1. The maximum Gasteiger partial charge on any atom is 0.407 e. The summed E-state index contributed by atoms with van der Waals surface area (Å²) < 4.78 is 5.27. The molecule has 0 radical (unpaired) electrons. The van der Waals surface area contributed by atoms with Gasteiger partial charge >= 0.3 is 6.09 Å². The summed E-state index contributed by atoms with van der Waals surface area (Å²) in [4.78, 5) is 34.0. The fraction of sp³-hybridized carbons (Fsp3) is 0.250. The lowest BCUT2D eigenvalue weighted by Gasteiger charge is -2.20. The second-order valence-electron chi connectivity index (χ2n) is 6.35. The van der Waals surface area contributed by atoms with E-state index < -0.39 is 24.0 Å². The van der Waals surface area contributed by atoms with Gasteiger partial charge in [0.05, 0.1) is 12.0 Å². The van der Waals surface area contributed by atoms with Crippen molar-refractivity contribution in [3.8, 4) is 11.1 Å². The van der Waals surface area contributed by atoms with Crippen LogP contribution in [-0.2, 0) is 14.3 Å². The van der Waals surface area contributed by atoms with Crippen molar-refractivity contribution in [1.82, 2.24) is 5.32 Å². The molecule has 27 heavy (non-hydrogen) atoms. The number of fused-ring (bicyclic) bond motifs is 3. The number of alkyl carbamates (subject to hydrolysis) is 1. The molecule has 0 saturated heterocycles. The number of amides is 2. The zero-order valence-corrected chi connectivity index (χ0v) is 14.5. The molecule has 0 fully saturated rings. The second kappa shape index (κ2) is 7.90. The van der Waals surface area contributed by atoms with Crippen LogP contribution in [0.1, 0.15) is 29.9 Å². The summed E-state index contributed by atoms with van der Waals surface area (Å²) in [5.41, 5.74) is 9.30. The van der Waals surface area contributed by atoms with E-state index in [0.717, 1.165) is 22.3 Å². The highest BCUT2D eigenvalue weighted by Gasteiger charge is 2.29. The fourth-order valence-corrected chi connectivity index (χ4v) is 3.32. The SMILES string of the molecule is NC(=O)CCC(NC(=O)OCC1c2ccccc2-c2ccccc21)C(=O)[O-]. The molecule has 3 rings (SSSR count). The van der Waals surface area contributed by atoms with Crippen molar-refractivity contribution in [2.24, 2.45) is 5.73 Å². The summed E-state index contributed by atoms with van der Waals surface area (Å²) in [6.07, 6.45) is -1.21. The van der Waals surface area contributed by atoms with Crippen LogP contribution in [0.5, 0.6) is 0 Å². The minimum atomic E-state index is -1.50. The van der Waals surface area contributed by atoms with Gasteiger partial charge < -0.3 is 25.7 Å². The number of carboxylic acids is 1. The molecule has 7 heteroatoms. The van der Waals surface area contributed by atoms with Gasteiger partial charge in [0.25, 0.3) is 0 Å². The minimum absolute atomic E-state index is 0.0649. The number of hydrogen-bond acceptors (Lipinski definition) is 5. The highest BCUT2D eigenvalue weighted by Crippen LogP contribution is 2.44. The number of nitrogens with one attached hydrogen (secondary N) is 1. The molecule has 0 aliphatic heterocycles. The molecule has 1 unspecified atom stereocenters. The molecule has 1 aliphatic carbocycles. The van der Waals surface area contributed by atoms with Crippen LogP contribution in [0.3, 0.4) is 0 Å². The molecule has 0 spiro atoms. The quantitative estimate of drug-likeness (QED) is 0.753. The van der Waals surface area contributed by atoms with Crippen LogP contribution >= 0.6 is 0 Å². The van der Waals surface area contributed by atoms with Gasteiger partial charge in [0.2, 0.25) is 5.91 Å². The fourth-order valence-electron chi connectivity index (χ4n) is 3.32. The Bertz CT molecular complexity index is 835. The Kier molecular flexibility index (Phi) is 5.40. The van der Waals surface area contributed by atoms with Crippen molar-refractivity contribution >= 4 is 18.0 Å². The van der Waals surface area contributed by atoms with E-state index in [9.17, 15) is 19.5 Å². The largest absolute Gasteiger partial charge is 0.548 e. The van der Waals surface area contributed by atoms with Crippen LogP contribution in [0.15, 0.2) is 48.5 Å². The van der Waals surface area contributed by atoms with Gasteiger partial charge in [0.15, 0.2) is 0 Å². The number of aliphatic carboxylic acids is 1. The molecular formula is C20H19N2O5-. The van der Waals surface area contributed by atoms with E-state index in [2.05, 4.69) is 5.32 Å². The van der Waals surface area contributed by atoms with Crippen LogP contribution in [0.25, 0.3) is 11.1 Å². The van der Waals surface area contributed by atoms with E-state index >= 15 is 0 Å². The van der Waals surface area contributed by atoms with Gasteiger partial charge in [-0.1, -0.05) is 48.5 Å². The van der Waals surface area contributed by atoms with Crippen LogP contribution in [0.4, 0.5) is 4.79 Å². The lowest BCUT2D eigenvalue weighted by Crippen LogP contribution is -2.48. The van der Waals surface area contributed by atoms with Crippen LogP contribution < -0.4 is 16.2 Å². The number of carbonyl (C=O) groups excluding carboxylic acids is 3. The zero-order chi connectivity index (χ0) is 19.4. The first-order valence-electron chi connectivity index (χ1n) is 8.58. The predicted molar refractivity (Wildman–Crippen MR) is 95.4 cm³/mol. The molecule has 0 aromatic heterocycles. The van der Waals surface area contributed by atoms with Crippen LogP contribution in [0.2, 0.25) is 0 Å². The highest BCUT2D eigenvalue weighted by atomic mass is 16.5. The number of carboxylic acid groups (broad SMARTS) is 1. The molecule has 0 saturated carbocycles. The van der Waals surface area contributed by atoms with Crippen molar-refractivity contribution in [3.63, 3.8) is 0 Å². The van der Waals surface area contributed by atoms with Crippen molar-refractivity contribution in [2.75, 3.05) is 6.61 Å². The van der Waals surface area contributed by atoms with Gasteiger partial charge in [-0.05, 0) is 28.7 Å². The third-order valence-corrected chi connectivity index (χ3v) is 4.60. The first-order chi connectivity index (χ1) is 13.0. The van der Waals surface area contributed by atoms with Crippen molar-refractivity contribution in [3.05, 3.63) is 59.7 Å². The first-order valence-corrected chi connectivity index (χ1v) is 8.58. The van der Waals surface area contributed by atoms with Crippen molar-refractivity contribution < 1.29 is 24.2 Å². The number of benzene rings is 2. The van der Waals surface area contributed by atoms with Gasteiger partial charge in [0.1, 0.15) is 6.61 Å². The van der Waals surface area contributed by atoms with E-state index in [0.29, 0.717) is 0 Å². The summed E-state index contributed by atoms with van der Waals surface area (Å²) in [6, 6.07) is 14.4. The topological polar surface area (TPSA) is 122 Å². The minimum Gasteiger partial charge on any atom is -0.548 e. The van der Waals surface area contributed by atoms with Crippen LogP contribution in [0, 0.1) is 0 Å². The molecule has 2 amide bonds. The normalized spacial score (nSPS) is 13.3. The smallest absolute Gasteiger partial charge is 0.407 e. The molecule has 7 nitrogen and oxygen atoms in total. The Balaban J connectivity index is 1.67. The van der Waals surface area contributed by atoms with E-state index in [1.54, 1.807) is 0 Å². The monoisotopic (exact) mass is 367 g/mol. The van der Waals surface area contributed by atoms with E-state index in [4.69, 9.17) is 10.5 Å². The van der Waals surface area contributed by atoms with E-state index in [1.165, 1.54) is 0 Å². The molecule has 2 aromatic carbocycles. The molecule has 1 aliphatic rings. The summed E-state index contributed by atoms with van der Waals surface area (Å²) in [5.74, 6) is -2.28. The van der Waals surface area contributed by atoms with E-state index in [-0.39, 0.29) is 25.4 Å². The maximum atomic E-state index is 12.0. The Morgan fingerprint density at radius 1 is 1.04 bits per heavy atom. The number of nitrogens with two attached hydrogens (primary N) is 1. The average Bonchev–Trinajstić information content (AvgIpc) is 2.97. The van der Waals surface area contributed by atoms with Gasteiger partial charge in [0, 0.05) is 12.3 Å². The molecule has 3 N–H and O–H groups in total. The third kappa shape index (κ3) is 4.08. The Labute approximate surface area is 156 Å². The van der Waals surface area contributed by atoms with Gasteiger partial charge in [-0.2, -0.15) is 0 Å². The lowest BCUT2D eigenvalue weighted by atomic mass is 9.98. The molecule has 140 valence electrons. The van der Waals surface area contributed by atoms with Crippen LogP contribution in [-0.4, -0.2) is 30.6 Å². The Morgan fingerprint density at radius 2 is 1.59 bits per heavy atom. The predicted octanol–water partition coefficient (Wildman–Crippen LogP) is 0.909. The molecule has 1 atom stereocenters. The number of rotatable bonds is 7. The third-order valence-electron chi connectivity index (χ3n) is 4.60. The van der Waals surface area contributed by atoms with Crippen molar-refractivity contribution in [1.29, 1.82) is 0 Å². The molecule has 2 aromatic rings. The number of carbonyl (C=O) groups is 3. The second-order valence-corrected chi connectivity index (χ2v) is 6.35. The Hall–Kier alpha value is -3.35. The maximum absolute atomic E-state index is 12.0.